The van der Waals surface area contributed by atoms with Crippen LogP contribution in [0.5, 0.6) is 0 Å². The van der Waals surface area contributed by atoms with Crippen LogP contribution in [0.3, 0.4) is 0 Å². The second-order valence-corrected chi connectivity index (χ2v) is 5.84. The predicted octanol–water partition coefficient (Wildman–Crippen LogP) is 2.47. The van der Waals surface area contributed by atoms with Gasteiger partial charge in [0.2, 0.25) is 0 Å². The molecule has 1 atom stereocenters. The number of benzene rings is 1. The van der Waals surface area contributed by atoms with Crippen molar-refractivity contribution < 1.29 is 5.11 Å². The zero-order valence-electron chi connectivity index (χ0n) is 10.7. The van der Waals surface area contributed by atoms with E-state index in [-0.39, 0.29) is 0 Å². The fourth-order valence-corrected chi connectivity index (χ4v) is 2.93. The molecular weight excluding hydrogens is 306 g/mol. The summed E-state index contributed by atoms with van der Waals surface area (Å²) in [5.74, 6) is 0. The Bertz CT molecular complexity index is 492. The van der Waals surface area contributed by atoms with Crippen LogP contribution in [0.2, 0.25) is 0 Å². The third-order valence-corrected chi connectivity index (χ3v) is 4.27. The second kappa shape index (κ2) is 6.38. The van der Waals surface area contributed by atoms with Crippen molar-refractivity contribution in [2.75, 3.05) is 12.3 Å². The number of halogens is 1. The average Bonchev–Trinajstić information content (AvgIpc) is 2.92. The van der Waals surface area contributed by atoms with E-state index in [2.05, 4.69) is 21.2 Å². The van der Waals surface area contributed by atoms with Gasteiger partial charge in [0.15, 0.2) is 0 Å². The summed E-state index contributed by atoms with van der Waals surface area (Å²) in [4.78, 5) is 0. The maximum absolute atomic E-state index is 10.2. The van der Waals surface area contributed by atoms with E-state index in [1.54, 1.807) is 12.1 Å². The van der Waals surface area contributed by atoms with Crippen LogP contribution < -0.4 is 11.1 Å². The zero-order valence-corrected chi connectivity index (χ0v) is 12.3. The van der Waals surface area contributed by atoms with Gasteiger partial charge in [0, 0.05) is 17.1 Å². The monoisotopic (exact) mass is 323 g/mol. The molecule has 0 amide bonds. The Morgan fingerprint density at radius 3 is 2.79 bits per heavy atom. The van der Waals surface area contributed by atoms with Gasteiger partial charge in [0.25, 0.3) is 0 Å². The summed E-state index contributed by atoms with van der Waals surface area (Å²) in [5, 5.41) is 22.6. The Balaban J connectivity index is 2.04. The van der Waals surface area contributed by atoms with Crippen LogP contribution in [0, 0.1) is 11.3 Å². The maximum Gasteiger partial charge on any atom is 0.101 e. The van der Waals surface area contributed by atoms with Gasteiger partial charge < -0.3 is 16.2 Å². The third-order valence-electron chi connectivity index (χ3n) is 3.61. The summed E-state index contributed by atoms with van der Waals surface area (Å²) in [6, 6.07) is 5.99. The Morgan fingerprint density at radius 2 is 2.16 bits per heavy atom. The molecule has 1 unspecified atom stereocenters. The van der Waals surface area contributed by atoms with Crippen LogP contribution in [-0.2, 0) is 0 Å². The van der Waals surface area contributed by atoms with Gasteiger partial charge in [-0.3, -0.25) is 0 Å². The minimum atomic E-state index is -0.621. The van der Waals surface area contributed by atoms with Crippen molar-refractivity contribution >= 4 is 21.6 Å². The molecule has 1 fully saturated rings. The lowest BCUT2D eigenvalue weighted by Gasteiger charge is -2.17. The number of nitrogens with two attached hydrogens (primary N) is 1. The van der Waals surface area contributed by atoms with E-state index in [1.165, 1.54) is 25.7 Å². The molecule has 2 rings (SSSR count). The standard InChI is InChI=1S/C14H18BrN3O/c15-12-6-9(5-10(7-16)14(12)17)13(19)8-18-11-3-1-2-4-11/h5-6,11,13,18-19H,1-4,8,17H2. The molecule has 4 nitrogen and oxygen atoms in total. The zero-order chi connectivity index (χ0) is 13.8. The molecule has 0 aliphatic heterocycles. The van der Waals surface area contributed by atoms with Crippen LogP contribution in [0.15, 0.2) is 16.6 Å². The van der Waals surface area contributed by atoms with Crippen LogP contribution >= 0.6 is 15.9 Å². The van der Waals surface area contributed by atoms with Crippen molar-refractivity contribution in [2.45, 2.75) is 37.8 Å². The van der Waals surface area contributed by atoms with Gasteiger partial charge in [-0.25, -0.2) is 0 Å². The molecule has 0 spiro atoms. The number of nitrogens with zero attached hydrogens (tertiary/aromatic N) is 1. The first-order chi connectivity index (χ1) is 9.11. The SMILES string of the molecule is N#Cc1cc(C(O)CNC2CCCC2)cc(Br)c1N. The molecule has 5 heteroatoms. The molecule has 102 valence electrons. The van der Waals surface area contributed by atoms with Crippen LogP contribution in [0.4, 0.5) is 5.69 Å². The van der Waals surface area contributed by atoms with Gasteiger partial charge in [-0.05, 0) is 46.5 Å². The third kappa shape index (κ3) is 3.47. The quantitative estimate of drug-likeness (QED) is 0.743. The van der Waals surface area contributed by atoms with E-state index in [0.717, 1.165) is 0 Å². The van der Waals surface area contributed by atoms with E-state index < -0.39 is 6.10 Å². The van der Waals surface area contributed by atoms with E-state index in [9.17, 15) is 5.11 Å². The van der Waals surface area contributed by atoms with Crippen molar-refractivity contribution in [3.63, 3.8) is 0 Å². The maximum atomic E-state index is 10.2. The highest BCUT2D eigenvalue weighted by Crippen LogP contribution is 2.28. The minimum absolute atomic E-state index is 0.393. The first kappa shape index (κ1) is 14.3. The smallest absolute Gasteiger partial charge is 0.101 e. The highest BCUT2D eigenvalue weighted by molar-refractivity contribution is 9.10. The van der Waals surface area contributed by atoms with E-state index in [0.29, 0.717) is 33.9 Å². The van der Waals surface area contributed by atoms with Gasteiger partial charge in [0.1, 0.15) is 6.07 Å². The average molecular weight is 324 g/mol. The minimum Gasteiger partial charge on any atom is -0.397 e. The summed E-state index contributed by atoms with van der Waals surface area (Å²) in [7, 11) is 0. The molecule has 19 heavy (non-hydrogen) atoms. The van der Waals surface area contributed by atoms with Crippen LogP contribution in [0.25, 0.3) is 0 Å². The molecule has 4 N–H and O–H groups in total. The Morgan fingerprint density at radius 1 is 1.47 bits per heavy atom. The molecule has 1 aromatic rings. The topological polar surface area (TPSA) is 82.1 Å². The summed E-state index contributed by atoms with van der Waals surface area (Å²) >= 11 is 3.32. The summed E-state index contributed by atoms with van der Waals surface area (Å²) in [6.45, 7) is 0.506. The molecule has 0 aromatic heterocycles. The van der Waals surface area contributed by atoms with E-state index in [4.69, 9.17) is 11.0 Å². The van der Waals surface area contributed by atoms with Crippen molar-refractivity contribution in [3.8, 4) is 6.07 Å². The van der Waals surface area contributed by atoms with Crippen molar-refractivity contribution in [1.82, 2.24) is 5.32 Å². The fraction of sp³-hybridized carbons (Fsp3) is 0.500. The van der Waals surface area contributed by atoms with Gasteiger partial charge in [-0.1, -0.05) is 12.8 Å². The molecule has 1 saturated carbocycles. The summed E-state index contributed by atoms with van der Waals surface area (Å²) < 4.78 is 0.654. The van der Waals surface area contributed by atoms with Crippen molar-refractivity contribution in [2.24, 2.45) is 0 Å². The number of anilines is 1. The lowest BCUT2D eigenvalue weighted by Crippen LogP contribution is -2.30. The number of nitrogens with one attached hydrogen (secondary N) is 1. The number of nitrogen functional groups attached to an aromatic ring is 1. The number of hydrogen-bond donors (Lipinski definition) is 3. The Labute approximate surface area is 121 Å². The van der Waals surface area contributed by atoms with Crippen LogP contribution in [0.1, 0.15) is 42.9 Å². The Kier molecular flexibility index (Phi) is 4.81. The number of rotatable bonds is 4. The lowest BCUT2D eigenvalue weighted by atomic mass is 10.0. The van der Waals surface area contributed by atoms with Gasteiger partial charge in [-0.2, -0.15) is 5.26 Å². The highest BCUT2D eigenvalue weighted by atomic mass is 79.9. The highest BCUT2D eigenvalue weighted by Gasteiger charge is 2.17. The molecule has 0 saturated heterocycles. The fourth-order valence-electron chi connectivity index (χ4n) is 2.45. The second-order valence-electron chi connectivity index (χ2n) is 4.98. The number of hydrogen-bond acceptors (Lipinski definition) is 4. The van der Waals surface area contributed by atoms with E-state index >= 15 is 0 Å². The molecule has 0 heterocycles. The number of nitriles is 1. The van der Waals surface area contributed by atoms with Gasteiger partial charge in [0.05, 0.1) is 17.4 Å². The first-order valence-electron chi connectivity index (χ1n) is 6.52. The molecule has 0 radical (unpaired) electrons. The molecule has 1 aliphatic rings. The number of aliphatic hydroxyl groups is 1. The normalized spacial score (nSPS) is 17.3. The summed E-state index contributed by atoms with van der Waals surface area (Å²) in [6.07, 6.45) is 4.27. The molecular formula is C14H18BrN3O. The largest absolute Gasteiger partial charge is 0.397 e. The summed E-state index contributed by atoms with van der Waals surface area (Å²) in [5.41, 5.74) is 7.29. The Hall–Kier alpha value is -1.09. The van der Waals surface area contributed by atoms with Gasteiger partial charge >= 0.3 is 0 Å². The van der Waals surface area contributed by atoms with Crippen molar-refractivity contribution in [1.29, 1.82) is 5.26 Å². The van der Waals surface area contributed by atoms with Gasteiger partial charge in [-0.15, -0.1) is 0 Å². The number of aliphatic hydroxyl groups excluding tert-OH is 1. The first-order valence-corrected chi connectivity index (χ1v) is 7.31. The lowest BCUT2D eigenvalue weighted by molar-refractivity contribution is 0.170. The molecule has 1 aliphatic carbocycles. The predicted molar refractivity (Wildman–Crippen MR) is 78.5 cm³/mol. The van der Waals surface area contributed by atoms with E-state index in [1.807, 2.05) is 6.07 Å². The molecule has 1 aromatic carbocycles. The van der Waals surface area contributed by atoms with Crippen molar-refractivity contribution in [3.05, 3.63) is 27.7 Å². The molecule has 0 bridgehead atoms. The van der Waals surface area contributed by atoms with Crippen LogP contribution in [-0.4, -0.2) is 17.7 Å².